The Morgan fingerprint density at radius 3 is 2.62 bits per heavy atom. The first-order valence-corrected chi connectivity index (χ1v) is 6.36. The molecule has 0 spiro atoms. The number of nitrogens with zero attached hydrogens (tertiary/aromatic N) is 1. The Morgan fingerprint density at radius 2 is 1.95 bits per heavy atom. The maximum Gasteiger partial charge on any atom is 0.328 e. The number of aromatic amines is 1. The lowest BCUT2D eigenvalue weighted by Crippen LogP contribution is -2.36. The van der Waals surface area contributed by atoms with Crippen LogP contribution in [0.15, 0.2) is 52.2 Å². The predicted molar refractivity (Wildman–Crippen MR) is 75.7 cm³/mol. The zero-order valence-electron chi connectivity index (χ0n) is 11.2. The summed E-state index contributed by atoms with van der Waals surface area (Å²) in [4.78, 5) is 36.1. The van der Waals surface area contributed by atoms with Crippen molar-refractivity contribution in [3.63, 3.8) is 0 Å². The van der Waals surface area contributed by atoms with Crippen LogP contribution in [0.4, 0.5) is 0 Å². The molecule has 0 radical (unpaired) electrons. The molecule has 1 unspecified atom stereocenters. The van der Waals surface area contributed by atoms with Crippen molar-refractivity contribution < 1.29 is 9.90 Å². The summed E-state index contributed by atoms with van der Waals surface area (Å²) in [7, 11) is 0. The van der Waals surface area contributed by atoms with Crippen molar-refractivity contribution >= 4 is 5.91 Å². The quantitative estimate of drug-likeness (QED) is 0.682. The van der Waals surface area contributed by atoms with Gasteiger partial charge >= 0.3 is 5.69 Å². The first kappa shape index (κ1) is 14.7. The van der Waals surface area contributed by atoms with Crippen LogP contribution in [0.5, 0.6) is 0 Å². The number of aliphatic hydroxyl groups excluding tert-OH is 1. The van der Waals surface area contributed by atoms with Crippen molar-refractivity contribution in [2.24, 2.45) is 0 Å². The second-order valence-corrected chi connectivity index (χ2v) is 4.47. The van der Waals surface area contributed by atoms with Crippen molar-refractivity contribution in [3.05, 3.63) is 69.0 Å². The van der Waals surface area contributed by atoms with Gasteiger partial charge < -0.3 is 10.4 Å². The maximum absolute atomic E-state index is 11.7. The van der Waals surface area contributed by atoms with Crippen LogP contribution in [0.1, 0.15) is 11.7 Å². The smallest absolute Gasteiger partial charge is 0.328 e. The summed E-state index contributed by atoms with van der Waals surface area (Å²) < 4.78 is 1.08. The molecule has 21 heavy (non-hydrogen) atoms. The van der Waals surface area contributed by atoms with Crippen LogP contribution in [0.3, 0.4) is 0 Å². The Balaban J connectivity index is 1.90. The fourth-order valence-corrected chi connectivity index (χ4v) is 1.78. The summed E-state index contributed by atoms with van der Waals surface area (Å²) in [5.41, 5.74) is -0.476. The third-order valence-corrected chi connectivity index (χ3v) is 2.89. The van der Waals surface area contributed by atoms with Gasteiger partial charge in [-0.15, -0.1) is 0 Å². The summed E-state index contributed by atoms with van der Waals surface area (Å²) in [6.45, 7) is -0.182. The van der Waals surface area contributed by atoms with Gasteiger partial charge in [0.15, 0.2) is 0 Å². The third kappa shape index (κ3) is 4.15. The number of benzene rings is 1. The van der Waals surface area contributed by atoms with E-state index in [-0.39, 0.29) is 13.1 Å². The van der Waals surface area contributed by atoms with Crippen molar-refractivity contribution in [1.29, 1.82) is 0 Å². The molecule has 7 nitrogen and oxygen atoms in total. The van der Waals surface area contributed by atoms with Crippen LogP contribution in [0.2, 0.25) is 0 Å². The molecule has 1 heterocycles. The van der Waals surface area contributed by atoms with E-state index in [9.17, 15) is 19.5 Å². The molecule has 1 aromatic heterocycles. The molecule has 3 N–H and O–H groups in total. The number of aliphatic hydroxyl groups is 1. The van der Waals surface area contributed by atoms with E-state index in [2.05, 4.69) is 10.3 Å². The highest BCUT2D eigenvalue weighted by Crippen LogP contribution is 2.10. The SMILES string of the molecule is O=C(Cn1ccc(=O)[nH]c1=O)NCC(O)c1ccccc1. The molecule has 7 heteroatoms. The molecule has 1 amide bonds. The highest BCUT2D eigenvalue weighted by Gasteiger charge is 2.10. The van der Waals surface area contributed by atoms with E-state index in [0.29, 0.717) is 5.56 Å². The Bertz CT molecular complexity index is 721. The zero-order valence-corrected chi connectivity index (χ0v) is 11.2. The minimum atomic E-state index is -0.817. The molecular formula is C14H15N3O4. The van der Waals surface area contributed by atoms with Gasteiger partial charge in [0.05, 0.1) is 6.10 Å². The third-order valence-electron chi connectivity index (χ3n) is 2.89. The number of nitrogens with one attached hydrogen (secondary N) is 2. The summed E-state index contributed by atoms with van der Waals surface area (Å²) >= 11 is 0. The molecule has 2 rings (SSSR count). The predicted octanol–water partition coefficient (Wildman–Crippen LogP) is -0.614. The minimum absolute atomic E-state index is 0.0426. The van der Waals surface area contributed by atoms with Crippen LogP contribution in [-0.4, -0.2) is 27.1 Å². The van der Waals surface area contributed by atoms with Gasteiger partial charge in [-0.3, -0.25) is 19.1 Å². The van der Waals surface area contributed by atoms with Gasteiger partial charge in [0, 0.05) is 18.8 Å². The molecule has 1 atom stereocenters. The van der Waals surface area contributed by atoms with E-state index >= 15 is 0 Å². The standard InChI is InChI=1S/C14H15N3O4/c18-11(10-4-2-1-3-5-10)8-15-13(20)9-17-7-6-12(19)16-14(17)21/h1-7,11,18H,8-9H2,(H,15,20)(H,16,19,21). The molecule has 0 bridgehead atoms. The number of hydrogen-bond acceptors (Lipinski definition) is 4. The molecule has 2 aromatic rings. The van der Waals surface area contributed by atoms with Gasteiger partial charge in [-0.05, 0) is 5.56 Å². The average Bonchev–Trinajstić information content (AvgIpc) is 2.48. The molecule has 0 saturated carbocycles. The fourth-order valence-electron chi connectivity index (χ4n) is 1.78. The fraction of sp³-hybridized carbons (Fsp3) is 0.214. The lowest BCUT2D eigenvalue weighted by atomic mass is 10.1. The first-order valence-electron chi connectivity index (χ1n) is 6.36. The van der Waals surface area contributed by atoms with Crippen LogP contribution in [0.25, 0.3) is 0 Å². The Hall–Kier alpha value is -2.67. The lowest BCUT2D eigenvalue weighted by Gasteiger charge is -2.12. The Labute approximate surface area is 119 Å². The molecular weight excluding hydrogens is 274 g/mol. The van der Waals surface area contributed by atoms with Gasteiger partial charge in [0.25, 0.3) is 5.56 Å². The summed E-state index contributed by atoms with van der Waals surface area (Å²) in [6, 6.07) is 10.1. The Kier molecular flexibility index (Phi) is 4.68. The molecule has 0 fully saturated rings. The van der Waals surface area contributed by atoms with Gasteiger partial charge in [-0.2, -0.15) is 0 Å². The van der Waals surface area contributed by atoms with E-state index in [1.807, 2.05) is 6.07 Å². The number of amides is 1. The zero-order chi connectivity index (χ0) is 15.2. The lowest BCUT2D eigenvalue weighted by molar-refractivity contribution is -0.122. The second-order valence-electron chi connectivity index (χ2n) is 4.47. The van der Waals surface area contributed by atoms with E-state index in [1.165, 1.54) is 6.20 Å². The summed E-state index contributed by atoms with van der Waals surface area (Å²) in [6.07, 6.45) is 0.427. The van der Waals surface area contributed by atoms with Gasteiger partial charge in [0.1, 0.15) is 6.54 Å². The molecule has 0 aliphatic carbocycles. The minimum Gasteiger partial charge on any atom is -0.387 e. The van der Waals surface area contributed by atoms with Gasteiger partial charge in [-0.1, -0.05) is 30.3 Å². The molecule has 0 aliphatic rings. The number of H-pyrrole nitrogens is 1. The van der Waals surface area contributed by atoms with E-state index in [4.69, 9.17) is 0 Å². The van der Waals surface area contributed by atoms with Crippen molar-refractivity contribution in [2.45, 2.75) is 12.6 Å². The van der Waals surface area contributed by atoms with Crippen molar-refractivity contribution in [2.75, 3.05) is 6.54 Å². The van der Waals surface area contributed by atoms with E-state index < -0.39 is 23.3 Å². The Morgan fingerprint density at radius 1 is 1.24 bits per heavy atom. The van der Waals surface area contributed by atoms with E-state index in [0.717, 1.165) is 10.6 Å². The second kappa shape index (κ2) is 6.67. The van der Waals surface area contributed by atoms with E-state index in [1.54, 1.807) is 24.3 Å². The number of carbonyl (C=O) groups excluding carboxylic acids is 1. The maximum atomic E-state index is 11.7. The molecule has 110 valence electrons. The van der Waals surface area contributed by atoms with Crippen molar-refractivity contribution in [3.8, 4) is 0 Å². The van der Waals surface area contributed by atoms with Crippen LogP contribution in [-0.2, 0) is 11.3 Å². The summed E-state index contributed by atoms with van der Waals surface area (Å²) in [5.74, 6) is -0.431. The van der Waals surface area contributed by atoms with Crippen LogP contribution < -0.4 is 16.6 Å². The van der Waals surface area contributed by atoms with Gasteiger partial charge in [0.2, 0.25) is 5.91 Å². The van der Waals surface area contributed by atoms with Crippen LogP contribution >= 0.6 is 0 Å². The molecule has 0 aliphatic heterocycles. The molecule has 1 aromatic carbocycles. The monoisotopic (exact) mass is 289 g/mol. The topological polar surface area (TPSA) is 104 Å². The van der Waals surface area contributed by atoms with Crippen molar-refractivity contribution in [1.82, 2.24) is 14.9 Å². The highest BCUT2D eigenvalue weighted by molar-refractivity contribution is 5.75. The normalized spacial score (nSPS) is 11.9. The van der Waals surface area contributed by atoms with Crippen LogP contribution in [0, 0.1) is 0 Å². The number of rotatable bonds is 5. The number of hydrogen-bond donors (Lipinski definition) is 3. The summed E-state index contributed by atoms with van der Waals surface area (Å²) in [5, 5.41) is 12.4. The average molecular weight is 289 g/mol. The highest BCUT2D eigenvalue weighted by atomic mass is 16.3. The number of aromatic nitrogens is 2. The molecule has 0 saturated heterocycles. The first-order chi connectivity index (χ1) is 10.1. The number of carbonyl (C=O) groups is 1. The van der Waals surface area contributed by atoms with Gasteiger partial charge in [-0.25, -0.2) is 4.79 Å². The largest absolute Gasteiger partial charge is 0.387 e.